The van der Waals surface area contributed by atoms with Gasteiger partial charge in [0.1, 0.15) is 5.82 Å². The number of carbonyl (C=O) groups excluding carboxylic acids is 1. The monoisotopic (exact) mass is 262 g/mol. The van der Waals surface area contributed by atoms with Crippen LogP contribution in [-0.2, 0) is 0 Å². The summed E-state index contributed by atoms with van der Waals surface area (Å²) in [5, 5.41) is 2.90. The molecule has 0 aliphatic heterocycles. The van der Waals surface area contributed by atoms with Crippen LogP contribution in [0.2, 0.25) is 0 Å². The number of anilines is 1. The molecule has 0 aromatic carbocycles. The van der Waals surface area contributed by atoms with Gasteiger partial charge in [-0.1, -0.05) is 33.1 Å². The molecule has 104 valence electrons. The molecule has 1 fully saturated rings. The van der Waals surface area contributed by atoms with Gasteiger partial charge in [0.05, 0.1) is 11.9 Å². The standard InChI is InChI=1S/C14H22N4O/c1-9(2)13-17-8-11(15)12(18-13)14(19)16-7-6-10-4-3-5-10/h8-10H,3-7,15H2,1-2H3,(H,16,19). The van der Waals surface area contributed by atoms with E-state index in [4.69, 9.17) is 5.73 Å². The number of nitrogens with two attached hydrogens (primary N) is 1. The Morgan fingerprint density at radius 1 is 1.53 bits per heavy atom. The lowest BCUT2D eigenvalue weighted by Gasteiger charge is -2.25. The van der Waals surface area contributed by atoms with Gasteiger partial charge in [0, 0.05) is 12.5 Å². The summed E-state index contributed by atoms with van der Waals surface area (Å²) in [6.07, 6.45) is 6.48. The van der Waals surface area contributed by atoms with Crippen molar-refractivity contribution in [3.8, 4) is 0 Å². The van der Waals surface area contributed by atoms with Gasteiger partial charge < -0.3 is 11.1 Å². The number of hydrogen-bond acceptors (Lipinski definition) is 4. The minimum absolute atomic E-state index is 0.183. The fraction of sp³-hybridized carbons (Fsp3) is 0.643. The second-order valence-electron chi connectivity index (χ2n) is 5.53. The van der Waals surface area contributed by atoms with Gasteiger partial charge in [-0.2, -0.15) is 0 Å². The van der Waals surface area contributed by atoms with Crippen LogP contribution in [0, 0.1) is 5.92 Å². The predicted molar refractivity (Wildman–Crippen MR) is 74.8 cm³/mol. The fourth-order valence-corrected chi connectivity index (χ4v) is 2.12. The molecular formula is C14H22N4O. The second kappa shape index (κ2) is 5.99. The summed E-state index contributed by atoms with van der Waals surface area (Å²) in [5.74, 6) is 1.43. The van der Waals surface area contributed by atoms with Crippen LogP contribution in [-0.4, -0.2) is 22.4 Å². The van der Waals surface area contributed by atoms with Gasteiger partial charge >= 0.3 is 0 Å². The topological polar surface area (TPSA) is 80.9 Å². The summed E-state index contributed by atoms with van der Waals surface area (Å²) in [4.78, 5) is 20.4. The number of aromatic nitrogens is 2. The van der Waals surface area contributed by atoms with Crippen LogP contribution in [0.15, 0.2) is 6.20 Å². The first-order chi connectivity index (χ1) is 9.08. The molecule has 0 atom stereocenters. The van der Waals surface area contributed by atoms with Crippen molar-refractivity contribution in [1.29, 1.82) is 0 Å². The molecule has 19 heavy (non-hydrogen) atoms. The Balaban J connectivity index is 1.94. The zero-order chi connectivity index (χ0) is 13.8. The van der Waals surface area contributed by atoms with E-state index >= 15 is 0 Å². The third-order valence-corrected chi connectivity index (χ3v) is 3.63. The largest absolute Gasteiger partial charge is 0.396 e. The Labute approximate surface area is 114 Å². The zero-order valence-corrected chi connectivity index (χ0v) is 11.6. The van der Waals surface area contributed by atoms with Crippen LogP contribution >= 0.6 is 0 Å². The fourth-order valence-electron chi connectivity index (χ4n) is 2.12. The van der Waals surface area contributed by atoms with E-state index in [0.717, 1.165) is 12.3 Å². The van der Waals surface area contributed by atoms with Crippen molar-refractivity contribution in [2.24, 2.45) is 5.92 Å². The number of amides is 1. The third kappa shape index (κ3) is 3.43. The van der Waals surface area contributed by atoms with Crippen LogP contribution in [0.4, 0.5) is 5.69 Å². The van der Waals surface area contributed by atoms with E-state index in [1.54, 1.807) is 0 Å². The Kier molecular flexibility index (Phi) is 4.35. The van der Waals surface area contributed by atoms with E-state index < -0.39 is 0 Å². The molecule has 0 spiro atoms. The van der Waals surface area contributed by atoms with Crippen molar-refractivity contribution in [3.05, 3.63) is 17.7 Å². The quantitative estimate of drug-likeness (QED) is 0.851. The van der Waals surface area contributed by atoms with Gasteiger partial charge in [-0.05, 0) is 12.3 Å². The summed E-state index contributed by atoms with van der Waals surface area (Å²) in [6.45, 7) is 4.68. The highest BCUT2D eigenvalue weighted by Crippen LogP contribution is 2.28. The number of carbonyl (C=O) groups is 1. The summed E-state index contributed by atoms with van der Waals surface area (Å²) in [5.41, 5.74) is 6.41. The van der Waals surface area contributed by atoms with Gasteiger partial charge in [-0.25, -0.2) is 9.97 Å². The van der Waals surface area contributed by atoms with E-state index in [-0.39, 0.29) is 11.8 Å². The molecule has 1 amide bonds. The van der Waals surface area contributed by atoms with E-state index in [1.807, 2.05) is 13.8 Å². The number of nitrogen functional groups attached to an aromatic ring is 1. The summed E-state index contributed by atoms with van der Waals surface area (Å²) in [7, 11) is 0. The molecule has 5 heteroatoms. The van der Waals surface area contributed by atoms with E-state index in [9.17, 15) is 4.79 Å². The van der Waals surface area contributed by atoms with Gasteiger partial charge in [-0.3, -0.25) is 4.79 Å². The first kappa shape index (κ1) is 13.8. The molecule has 0 saturated heterocycles. The smallest absolute Gasteiger partial charge is 0.272 e. The molecule has 1 aromatic heterocycles. The molecule has 1 aliphatic carbocycles. The zero-order valence-electron chi connectivity index (χ0n) is 11.6. The van der Waals surface area contributed by atoms with E-state index in [0.29, 0.717) is 23.8 Å². The molecule has 1 aromatic rings. The third-order valence-electron chi connectivity index (χ3n) is 3.63. The van der Waals surface area contributed by atoms with Crippen molar-refractivity contribution >= 4 is 11.6 Å². The van der Waals surface area contributed by atoms with Gasteiger partial charge in [0.25, 0.3) is 5.91 Å². The summed E-state index contributed by atoms with van der Waals surface area (Å²) < 4.78 is 0. The van der Waals surface area contributed by atoms with Crippen molar-refractivity contribution in [2.45, 2.75) is 45.4 Å². The van der Waals surface area contributed by atoms with Crippen molar-refractivity contribution in [3.63, 3.8) is 0 Å². The van der Waals surface area contributed by atoms with E-state index in [1.165, 1.54) is 25.5 Å². The molecule has 0 bridgehead atoms. The first-order valence-electron chi connectivity index (χ1n) is 6.98. The number of nitrogens with zero attached hydrogens (tertiary/aromatic N) is 2. The highest BCUT2D eigenvalue weighted by molar-refractivity contribution is 5.96. The normalized spacial score (nSPS) is 15.3. The minimum atomic E-state index is -0.193. The van der Waals surface area contributed by atoms with Gasteiger partial charge in [0.2, 0.25) is 0 Å². The Morgan fingerprint density at radius 3 is 2.84 bits per heavy atom. The maximum absolute atomic E-state index is 12.0. The average molecular weight is 262 g/mol. The number of rotatable bonds is 5. The van der Waals surface area contributed by atoms with Crippen molar-refractivity contribution in [1.82, 2.24) is 15.3 Å². The van der Waals surface area contributed by atoms with Crippen LogP contribution in [0.5, 0.6) is 0 Å². The summed E-state index contributed by atoms with van der Waals surface area (Å²) in [6, 6.07) is 0. The van der Waals surface area contributed by atoms with E-state index in [2.05, 4.69) is 15.3 Å². The van der Waals surface area contributed by atoms with Crippen LogP contribution in [0.25, 0.3) is 0 Å². The average Bonchev–Trinajstić information content (AvgIpc) is 2.32. The van der Waals surface area contributed by atoms with Crippen molar-refractivity contribution < 1.29 is 4.79 Å². The Morgan fingerprint density at radius 2 is 2.26 bits per heavy atom. The van der Waals surface area contributed by atoms with Crippen molar-refractivity contribution in [2.75, 3.05) is 12.3 Å². The lowest BCUT2D eigenvalue weighted by atomic mass is 9.83. The van der Waals surface area contributed by atoms with Gasteiger partial charge in [-0.15, -0.1) is 0 Å². The molecule has 0 radical (unpaired) electrons. The molecule has 1 saturated carbocycles. The molecule has 3 N–H and O–H groups in total. The van der Waals surface area contributed by atoms with Crippen LogP contribution < -0.4 is 11.1 Å². The highest BCUT2D eigenvalue weighted by Gasteiger charge is 2.18. The van der Waals surface area contributed by atoms with Crippen LogP contribution in [0.3, 0.4) is 0 Å². The number of hydrogen-bond donors (Lipinski definition) is 2. The van der Waals surface area contributed by atoms with Crippen LogP contribution in [0.1, 0.15) is 61.8 Å². The molecular weight excluding hydrogens is 240 g/mol. The molecule has 5 nitrogen and oxygen atoms in total. The molecule has 0 unspecified atom stereocenters. The number of nitrogens with one attached hydrogen (secondary N) is 1. The molecule has 2 rings (SSSR count). The second-order valence-corrected chi connectivity index (χ2v) is 5.53. The predicted octanol–water partition coefficient (Wildman–Crippen LogP) is 2.10. The highest BCUT2D eigenvalue weighted by atomic mass is 16.1. The maximum Gasteiger partial charge on any atom is 0.272 e. The Bertz CT molecular complexity index is 455. The lowest BCUT2D eigenvalue weighted by molar-refractivity contribution is 0.0944. The Hall–Kier alpha value is -1.65. The SMILES string of the molecule is CC(C)c1ncc(N)c(C(=O)NCCC2CCC2)n1. The maximum atomic E-state index is 12.0. The summed E-state index contributed by atoms with van der Waals surface area (Å²) >= 11 is 0. The lowest BCUT2D eigenvalue weighted by Crippen LogP contribution is -2.29. The first-order valence-corrected chi connectivity index (χ1v) is 6.98. The minimum Gasteiger partial charge on any atom is -0.396 e. The molecule has 1 aliphatic rings. The van der Waals surface area contributed by atoms with Gasteiger partial charge in [0.15, 0.2) is 5.69 Å². The molecule has 1 heterocycles.